The molecular weight excluding hydrogens is 558 g/mol. The first kappa shape index (κ1) is 30.6. The number of nitrogens with zero attached hydrogens (tertiary/aromatic N) is 3. The average molecular weight is 596 g/mol. The molecule has 0 bridgehead atoms. The molecule has 0 atom stereocenters. The second-order valence-corrected chi connectivity index (χ2v) is 14.3. The van der Waals surface area contributed by atoms with E-state index in [1.165, 1.54) is 8.61 Å². The SMILES string of the molecule is C=C1CN(S(=O)(=O)c2ccc(C)cc2)CCCN(C(=O)c2ccccc2)CCCN(S(=O)(=O)c2ccc(C)cc2)C1. The van der Waals surface area contributed by atoms with Gasteiger partial charge in [0.25, 0.3) is 5.91 Å². The zero-order valence-electron chi connectivity index (χ0n) is 23.6. The number of aryl methyl sites for hydroxylation is 2. The molecule has 1 aliphatic rings. The van der Waals surface area contributed by atoms with E-state index in [4.69, 9.17) is 0 Å². The summed E-state index contributed by atoms with van der Waals surface area (Å²) in [5, 5.41) is 0. The average Bonchev–Trinajstić information content (AvgIpc) is 2.95. The zero-order chi connectivity index (χ0) is 29.6. The largest absolute Gasteiger partial charge is 0.339 e. The maximum Gasteiger partial charge on any atom is 0.253 e. The molecule has 218 valence electrons. The summed E-state index contributed by atoms with van der Waals surface area (Å²) in [5.41, 5.74) is 2.87. The Balaban J connectivity index is 1.67. The summed E-state index contributed by atoms with van der Waals surface area (Å²) in [6, 6.07) is 22.2. The predicted octanol–water partition coefficient (Wildman–Crippen LogP) is 4.48. The summed E-state index contributed by atoms with van der Waals surface area (Å²) < 4.78 is 57.5. The molecule has 1 heterocycles. The molecule has 0 unspecified atom stereocenters. The molecule has 0 spiro atoms. The number of hydrogen-bond acceptors (Lipinski definition) is 5. The summed E-state index contributed by atoms with van der Waals surface area (Å²) in [6.45, 7) is 8.73. The highest BCUT2D eigenvalue weighted by Crippen LogP contribution is 2.22. The highest BCUT2D eigenvalue weighted by atomic mass is 32.2. The molecular formula is C31H37N3O5S2. The Morgan fingerprint density at radius 1 is 0.634 bits per heavy atom. The van der Waals surface area contributed by atoms with E-state index in [-0.39, 0.29) is 41.9 Å². The maximum absolute atomic E-state index is 13.7. The fourth-order valence-corrected chi connectivity index (χ4v) is 7.79. The van der Waals surface area contributed by atoms with Crippen molar-refractivity contribution in [2.24, 2.45) is 0 Å². The minimum atomic E-state index is -3.90. The van der Waals surface area contributed by atoms with Gasteiger partial charge in [0.05, 0.1) is 9.79 Å². The van der Waals surface area contributed by atoms with Crippen LogP contribution >= 0.6 is 0 Å². The number of carbonyl (C=O) groups excluding carboxylic acids is 1. The van der Waals surface area contributed by atoms with Crippen LogP contribution in [0.3, 0.4) is 0 Å². The maximum atomic E-state index is 13.7. The Hall–Kier alpha value is -3.31. The summed E-state index contributed by atoms with van der Waals surface area (Å²) in [6.07, 6.45) is 0.838. The number of rotatable bonds is 5. The van der Waals surface area contributed by atoms with Gasteiger partial charge in [0.2, 0.25) is 20.0 Å². The van der Waals surface area contributed by atoms with Crippen molar-refractivity contribution in [3.05, 3.63) is 108 Å². The van der Waals surface area contributed by atoms with Crippen molar-refractivity contribution < 1.29 is 21.6 Å². The molecule has 1 saturated heterocycles. The van der Waals surface area contributed by atoms with Crippen molar-refractivity contribution in [2.45, 2.75) is 36.5 Å². The van der Waals surface area contributed by atoms with Crippen molar-refractivity contribution in [3.8, 4) is 0 Å². The number of carbonyl (C=O) groups is 1. The van der Waals surface area contributed by atoms with E-state index in [9.17, 15) is 21.6 Å². The second kappa shape index (κ2) is 13.1. The lowest BCUT2D eigenvalue weighted by Crippen LogP contribution is -2.42. The van der Waals surface area contributed by atoms with Crippen LogP contribution in [-0.4, -0.2) is 75.5 Å². The first-order chi connectivity index (χ1) is 19.5. The first-order valence-electron chi connectivity index (χ1n) is 13.6. The molecule has 41 heavy (non-hydrogen) atoms. The monoisotopic (exact) mass is 595 g/mol. The fourth-order valence-electron chi connectivity index (χ4n) is 4.79. The molecule has 8 nitrogen and oxygen atoms in total. The molecule has 1 aliphatic heterocycles. The van der Waals surface area contributed by atoms with Crippen molar-refractivity contribution in [1.29, 1.82) is 0 Å². The van der Waals surface area contributed by atoms with Crippen LogP contribution in [0, 0.1) is 13.8 Å². The van der Waals surface area contributed by atoms with Crippen molar-refractivity contribution >= 4 is 26.0 Å². The van der Waals surface area contributed by atoms with Crippen LogP contribution in [0.5, 0.6) is 0 Å². The van der Waals surface area contributed by atoms with Gasteiger partial charge in [-0.2, -0.15) is 8.61 Å². The lowest BCUT2D eigenvalue weighted by Gasteiger charge is -2.30. The topological polar surface area (TPSA) is 95.1 Å². The third kappa shape index (κ3) is 7.51. The molecule has 1 amide bonds. The minimum absolute atomic E-state index is 0.0389. The van der Waals surface area contributed by atoms with Crippen molar-refractivity contribution in [2.75, 3.05) is 39.3 Å². The number of benzene rings is 3. The summed E-state index contributed by atoms with van der Waals surface area (Å²) >= 11 is 0. The summed E-state index contributed by atoms with van der Waals surface area (Å²) in [4.78, 5) is 15.4. The second-order valence-electron chi connectivity index (χ2n) is 10.4. The van der Waals surface area contributed by atoms with Gasteiger partial charge >= 0.3 is 0 Å². The summed E-state index contributed by atoms with van der Waals surface area (Å²) in [5.74, 6) is -0.173. The number of amides is 1. The standard InChI is InChI=1S/C31H37N3O5S2/c1-25-11-15-29(16-12-25)40(36,37)33-21-7-19-32(31(35)28-9-5-4-6-10-28)20-8-22-34(24-27(3)23-33)41(38,39)30-17-13-26(2)14-18-30/h4-6,9-18H,3,7-8,19-24H2,1-2H3. The number of hydrogen-bond donors (Lipinski definition) is 0. The molecule has 0 aromatic heterocycles. The fraction of sp³-hybridized carbons (Fsp3) is 0.323. The van der Waals surface area contributed by atoms with Crippen molar-refractivity contribution in [3.63, 3.8) is 0 Å². The smallest absolute Gasteiger partial charge is 0.253 e. The van der Waals surface area contributed by atoms with E-state index in [0.717, 1.165) is 11.1 Å². The lowest BCUT2D eigenvalue weighted by atomic mass is 10.2. The highest BCUT2D eigenvalue weighted by molar-refractivity contribution is 7.89. The lowest BCUT2D eigenvalue weighted by molar-refractivity contribution is 0.0747. The highest BCUT2D eigenvalue weighted by Gasteiger charge is 2.30. The van der Waals surface area contributed by atoms with Crippen LogP contribution in [-0.2, 0) is 20.0 Å². The van der Waals surface area contributed by atoms with Crippen LogP contribution in [0.4, 0.5) is 0 Å². The predicted molar refractivity (Wildman–Crippen MR) is 161 cm³/mol. The third-order valence-corrected chi connectivity index (χ3v) is 10.8. The van der Waals surface area contributed by atoms with E-state index in [0.29, 0.717) is 37.1 Å². The van der Waals surface area contributed by atoms with Crippen LogP contribution in [0.2, 0.25) is 0 Å². The van der Waals surface area contributed by atoms with Crippen LogP contribution in [0.25, 0.3) is 0 Å². The molecule has 0 saturated carbocycles. The Bertz CT molecular complexity index is 1480. The molecule has 0 N–H and O–H groups in total. The van der Waals surface area contributed by atoms with E-state index in [2.05, 4.69) is 6.58 Å². The van der Waals surface area contributed by atoms with Gasteiger partial charge in [-0.25, -0.2) is 16.8 Å². The molecule has 0 aliphatic carbocycles. The number of sulfonamides is 2. The van der Waals surface area contributed by atoms with E-state index in [1.54, 1.807) is 77.7 Å². The van der Waals surface area contributed by atoms with Gasteiger partial charge in [0.1, 0.15) is 0 Å². The van der Waals surface area contributed by atoms with Crippen molar-refractivity contribution in [1.82, 2.24) is 13.5 Å². The quantitative estimate of drug-likeness (QED) is 0.406. The normalized spacial score (nSPS) is 17.0. The minimum Gasteiger partial charge on any atom is -0.339 e. The Labute approximate surface area is 244 Å². The van der Waals surface area contributed by atoms with Crippen LogP contribution in [0.15, 0.2) is 101 Å². The zero-order valence-corrected chi connectivity index (χ0v) is 25.2. The van der Waals surface area contributed by atoms with Crippen LogP contribution in [0.1, 0.15) is 34.3 Å². The van der Waals surface area contributed by atoms with Gasteiger partial charge < -0.3 is 4.90 Å². The Kier molecular flexibility index (Phi) is 9.80. The molecule has 1 fully saturated rings. The first-order valence-corrected chi connectivity index (χ1v) is 16.5. The van der Waals surface area contributed by atoms with Crippen LogP contribution < -0.4 is 0 Å². The van der Waals surface area contributed by atoms with E-state index < -0.39 is 20.0 Å². The Morgan fingerprint density at radius 2 is 1.05 bits per heavy atom. The molecule has 3 aromatic rings. The van der Waals surface area contributed by atoms with E-state index >= 15 is 0 Å². The molecule has 4 rings (SSSR count). The van der Waals surface area contributed by atoms with E-state index in [1.807, 2.05) is 19.9 Å². The van der Waals surface area contributed by atoms with Gasteiger partial charge in [-0.1, -0.05) is 60.2 Å². The molecule has 10 heteroatoms. The molecule has 3 aromatic carbocycles. The third-order valence-electron chi connectivity index (χ3n) is 7.10. The molecule has 0 radical (unpaired) electrons. The van der Waals surface area contributed by atoms with Gasteiger partial charge in [-0.3, -0.25) is 4.79 Å². The van der Waals surface area contributed by atoms with Gasteiger partial charge in [0.15, 0.2) is 0 Å². The van der Waals surface area contributed by atoms with Gasteiger partial charge in [-0.05, 0) is 68.7 Å². The van der Waals surface area contributed by atoms with Gasteiger partial charge in [-0.15, -0.1) is 0 Å². The summed E-state index contributed by atoms with van der Waals surface area (Å²) in [7, 11) is -7.80. The van der Waals surface area contributed by atoms with Gasteiger partial charge in [0, 0.05) is 44.8 Å². The Morgan fingerprint density at radius 3 is 1.46 bits per heavy atom.